The minimum absolute atomic E-state index is 0.594. The number of hydrogen-bond donors (Lipinski definition) is 0. The summed E-state index contributed by atoms with van der Waals surface area (Å²) in [5, 5.41) is 0. The van der Waals surface area contributed by atoms with Crippen LogP contribution in [0.3, 0.4) is 0 Å². The van der Waals surface area contributed by atoms with E-state index in [-0.39, 0.29) is 0 Å². The summed E-state index contributed by atoms with van der Waals surface area (Å²) in [7, 11) is 0. The van der Waals surface area contributed by atoms with Crippen molar-refractivity contribution >= 4 is 0 Å². The van der Waals surface area contributed by atoms with Crippen molar-refractivity contribution in [3.05, 3.63) is 0 Å². The van der Waals surface area contributed by atoms with Crippen LogP contribution in [0, 0.1) is 23.2 Å². The van der Waals surface area contributed by atoms with Crippen molar-refractivity contribution in [1.82, 2.24) is 0 Å². The largest absolute Gasteiger partial charge is 0.369 e. The van der Waals surface area contributed by atoms with Gasteiger partial charge in [-0.25, -0.2) is 0 Å². The van der Waals surface area contributed by atoms with Crippen molar-refractivity contribution < 1.29 is 4.74 Å². The Kier molecular flexibility index (Phi) is 0.893. The fourth-order valence-corrected chi connectivity index (χ4v) is 3.56. The summed E-state index contributed by atoms with van der Waals surface area (Å²) < 4.78 is 5.68. The molecule has 0 aromatic carbocycles. The third-order valence-corrected chi connectivity index (χ3v) is 4.53. The van der Waals surface area contributed by atoms with E-state index in [1.807, 2.05) is 0 Å². The van der Waals surface area contributed by atoms with E-state index in [1.165, 1.54) is 6.42 Å². The minimum atomic E-state index is 0.594. The lowest BCUT2D eigenvalue weighted by molar-refractivity contribution is -0.0801. The first-order chi connectivity index (χ1) is 5.12. The van der Waals surface area contributed by atoms with Crippen LogP contribution in [0.25, 0.3) is 0 Å². The van der Waals surface area contributed by atoms with E-state index in [1.54, 1.807) is 0 Å². The molecule has 0 unspecified atom stereocenters. The molecule has 1 nitrogen and oxygen atoms in total. The second-order valence-electron chi connectivity index (χ2n) is 5.19. The first-order valence-corrected chi connectivity index (χ1v) is 4.78. The smallest absolute Gasteiger partial charge is 0.0878 e. The number of hydrogen-bond acceptors (Lipinski definition) is 1. The molecule has 3 aliphatic carbocycles. The highest BCUT2D eigenvalue weighted by molar-refractivity contribution is 5.15. The summed E-state index contributed by atoms with van der Waals surface area (Å²) in [4.78, 5) is 0. The maximum atomic E-state index is 5.68. The Hall–Kier alpha value is -0.0400. The Balaban J connectivity index is 1.96. The molecule has 0 amide bonds. The van der Waals surface area contributed by atoms with E-state index in [0.29, 0.717) is 17.6 Å². The number of rotatable bonds is 0. The molecule has 62 valence electrons. The highest BCUT2D eigenvalue weighted by atomic mass is 16.6. The van der Waals surface area contributed by atoms with E-state index in [9.17, 15) is 0 Å². The van der Waals surface area contributed by atoms with Crippen molar-refractivity contribution in [2.45, 2.75) is 39.4 Å². The first kappa shape index (κ1) is 6.47. The Morgan fingerprint density at radius 2 is 1.91 bits per heavy atom. The monoisotopic (exact) mass is 152 g/mol. The van der Waals surface area contributed by atoms with Gasteiger partial charge in [-0.1, -0.05) is 20.8 Å². The SMILES string of the molecule is C[C@H]1[C@@H]2O[C@@H]2[C@@H]2C[C@H]1C2(C)C. The Morgan fingerprint density at radius 1 is 1.18 bits per heavy atom. The van der Waals surface area contributed by atoms with Crippen LogP contribution >= 0.6 is 0 Å². The Bertz CT molecular complexity index is 209. The van der Waals surface area contributed by atoms with Gasteiger partial charge in [0.1, 0.15) is 0 Å². The number of epoxide rings is 1. The Labute approximate surface area is 68.1 Å². The molecule has 0 spiro atoms. The average Bonchev–Trinajstić information content (AvgIpc) is 2.65. The van der Waals surface area contributed by atoms with Gasteiger partial charge in [0, 0.05) is 0 Å². The fourth-order valence-electron chi connectivity index (χ4n) is 3.56. The van der Waals surface area contributed by atoms with Crippen LogP contribution < -0.4 is 0 Å². The first-order valence-electron chi connectivity index (χ1n) is 4.78. The normalized spacial score (nSPS) is 63.0. The fraction of sp³-hybridized carbons (Fsp3) is 1.00. The van der Waals surface area contributed by atoms with Crippen LogP contribution in [0.15, 0.2) is 0 Å². The highest BCUT2D eigenvalue weighted by Crippen LogP contribution is 2.67. The van der Waals surface area contributed by atoms with E-state index in [4.69, 9.17) is 4.74 Å². The van der Waals surface area contributed by atoms with Crippen molar-refractivity contribution in [3.8, 4) is 0 Å². The van der Waals surface area contributed by atoms with Gasteiger partial charge in [0.15, 0.2) is 0 Å². The van der Waals surface area contributed by atoms with Gasteiger partial charge in [-0.2, -0.15) is 0 Å². The zero-order chi connectivity index (χ0) is 7.80. The van der Waals surface area contributed by atoms with Crippen LogP contribution in [0.5, 0.6) is 0 Å². The average molecular weight is 152 g/mol. The van der Waals surface area contributed by atoms with Gasteiger partial charge in [0.2, 0.25) is 0 Å². The molecule has 1 heterocycles. The molecule has 3 saturated carbocycles. The molecule has 11 heavy (non-hydrogen) atoms. The molecule has 5 atom stereocenters. The minimum Gasteiger partial charge on any atom is -0.369 e. The molecule has 4 fully saturated rings. The van der Waals surface area contributed by atoms with E-state index in [2.05, 4.69) is 20.8 Å². The quantitative estimate of drug-likeness (QED) is 0.484. The lowest BCUT2D eigenvalue weighted by atomic mass is 9.46. The zero-order valence-electron chi connectivity index (χ0n) is 7.50. The van der Waals surface area contributed by atoms with E-state index >= 15 is 0 Å². The van der Waals surface area contributed by atoms with Gasteiger partial charge in [-0.05, 0) is 29.6 Å². The third-order valence-electron chi connectivity index (χ3n) is 4.53. The van der Waals surface area contributed by atoms with E-state index in [0.717, 1.165) is 17.8 Å². The summed E-state index contributed by atoms with van der Waals surface area (Å²) >= 11 is 0. The maximum Gasteiger partial charge on any atom is 0.0878 e. The van der Waals surface area contributed by atoms with Gasteiger partial charge in [0.25, 0.3) is 0 Å². The standard InChI is InChI=1S/C10H16O/c1-5-6-4-7(10(6,2)3)9-8(5)11-9/h5-9H,4H2,1-3H3/t5-,6-,7+,8+,9-/m1/s1. The molecule has 2 bridgehead atoms. The predicted octanol–water partition coefficient (Wildman–Crippen LogP) is 2.07. The summed E-state index contributed by atoms with van der Waals surface area (Å²) in [6, 6.07) is 0. The van der Waals surface area contributed by atoms with Crippen LogP contribution in [-0.2, 0) is 4.74 Å². The number of ether oxygens (including phenoxy) is 1. The summed E-state index contributed by atoms with van der Waals surface area (Å²) in [6.45, 7) is 7.20. The van der Waals surface area contributed by atoms with Crippen molar-refractivity contribution in [3.63, 3.8) is 0 Å². The second kappa shape index (κ2) is 1.52. The highest BCUT2D eigenvalue weighted by Gasteiger charge is 2.68. The molecular formula is C10H16O. The molecule has 0 aromatic heterocycles. The lowest BCUT2D eigenvalue weighted by Gasteiger charge is -2.57. The van der Waals surface area contributed by atoms with Crippen LogP contribution in [0.4, 0.5) is 0 Å². The van der Waals surface area contributed by atoms with Gasteiger partial charge in [0.05, 0.1) is 12.2 Å². The molecule has 1 saturated heterocycles. The van der Waals surface area contributed by atoms with Gasteiger partial charge in [-0.15, -0.1) is 0 Å². The van der Waals surface area contributed by atoms with Crippen molar-refractivity contribution in [2.24, 2.45) is 23.2 Å². The maximum absolute atomic E-state index is 5.68. The topological polar surface area (TPSA) is 12.5 Å². The molecule has 0 aromatic rings. The molecule has 0 N–H and O–H groups in total. The second-order valence-corrected chi connectivity index (χ2v) is 5.19. The lowest BCUT2D eigenvalue weighted by Crippen LogP contribution is -2.55. The van der Waals surface area contributed by atoms with Crippen LogP contribution in [0.1, 0.15) is 27.2 Å². The van der Waals surface area contributed by atoms with Crippen LogP contribution in [-0.4, -0.2) is 12.2 Å². The van der Waals surface area contributed by atoms with Crippen LogP contribution in [0.2, 0.25) is 0 Å². The summed E-state index contributed by atoms with van der Waals surface area (Å²) in [6.07, 6.45) is 2.76. The molecular weight excluding hydrogens is 136 g/mol. The molecule has 4 rings (SSSR count). The van der Waals surface area contributed by atoms with Gasteiger partial charge in [-0.3, -0.25) is 0 Å². The Morgan fingerprint density at radius 3 is 2.45 bits per heavy atom. The molecule has 0 radical (unpaired) electrons. The zero-order valence-corrected chi connectivity index (χ0v) is 7.50. The summed E-state index contributed by atoms with van der Waals surface area (Å²) in [5.41, 5.74) is 0.594. The molecule has 1 aliphatic heterocycles. The predicted molar refractivity (Wildman–Crippen MR) is 43.2 cm³/mol. The third kappa shape index (κ3) is 0.547. The van der Waals surface area contributed by atoms with Gasteiger partial charge >= 0.3 is 0 Å². The van der Waals surface area contributed by atoms with Gasteiger partial charge < -0.3 is 4.74 Å². The van der Waals surface area contributed by atoms with E-state index < -0.39 is 0 Å². The van der Waals surface area contributed by atoms with Crippen molar-refractivity contribution in [1.29, 1.82) is 0 Å². The molecule has 1 heteroatoms. The van der Waals surface area contributed by atoms with Crippen molar-refractivity contribution in [2.75, 3.05) is 0 Å². The summed E-state index contributed by atoms with van der Waals surface area (Å²) in [5.74, 6) is 2.69. The molecule has 4 aliphatic rings.